The molecule has 2 aliphatic rings. The highest BCUT2D eigenvalue weighted by atomic mass is 16.5. The highest BCUT2D eigenvalue weighted by Crippen LogP contribution is 2.29. The first-order chi connectivity index (χ1) is 12.2. The standard InChI is InChI=1S/C19H25N3O3/c1-24-15-7-8-17-16(11-15)21-19(25-17)22-9-3-4-13(12-22)10-18(23)20-14-5-2-6-14/h7-8,11,13-14H,2-6,9-10,12H2,1H3,(H,20,23). The smallest absolute Gasteiger partial charge is 0.298 e. The molecule has 1 aromatic carbocycles. The number of piperidine rings is 1. The summed E-state index contributed by atoms with van der Waals surface area (Å²) in [5, 5.41) is 3.14. The summed E-state index contributed by atoms with van der Waals surface area (Å²) in [6.45, 7) is 1.74. The summed E-state index contributed by atoms with van der Waals surface area (Å²) in [6.07, 6.45) is 6.25. The number of benzene rings is 1. The Morgan fingerprint density at radius 1 is 1.36 bits per heavy atom. The van der Waals surface area contributed by atoms with Gasteiger partial charge in [0.15, 0.2) is 5.58 Å². The number of carbonyl (C=O) groups excluding carboxylic acids is 1. The maximum absolute atomic E-state index is 12.2. The summed E-state index contributed by atoms with van der Waals surface area (Å²) in [4.78, 5) is 19.0. The second-order valence-electron chi connectivity index (χ2n) is 7.18. The lowest BCUT2D eigenvalue weighted by Crippen LogP contribution is -2.42. The molecule has 1 aliphatic heterocycles. The summed E-state index contributed by atoms with van der Waals surface area (Å²) in [5.41, 5.74) is 1.57. The van der Waals surface area contributed by atoms with Gasteiger partial charge in [-0.25, -0.2) is 0 Å². The third-order valence-electron chi connectivity index (χ3n) is 5.32. The molecule has 4 rings (SSSR count). The fraction of sp³-hybridized carbons (Fsp3) is 0.579. The van der Waals surface area contributed by atoms with Gasteiger partial charge in [-0.05, 0) is 50.2 Å². The first-order valence-corrected chi connectivity index (χ1v) is 9.20. The average Bonchev–Trinajstić information content (AvgIpc) is 3.01. The first-order valence-electron chi connectivity index (χ1n) is 9.20. The number of oxazole rings is 1. The molecule has 0 spiro atoms. The van der Waals surface area contributed by atoms with Crippen molar-refractivity contribution in [2.45, 2.75) is 44.6 Å². The molecule has 2 aromatic rings. The number of hydrogen-bond donors (Lipinski definition) is 1. The largest absolute Gasteiger partial charge is 0.497 e. The molecule has 1 aromatic heterocycles. The number of carbonyl (C=O) groups is 1. The van der Waals surface area contributed by atoms with E-state index in [0.717, 1.165) is 55.6 Å². The number of anilines is 1. The number of amides is 1. The molecule has 25 heavy (non-hydrogen) atoms. The molecule has 2 heterocycles. The third-order valence-corrected chi connectivity index (χ3v) is 5.32. The van der Waals surface area contributed by atoms with E-state index in [4.69, 9.17) is 9.15 Å². The Hall–Kier alpha value is -2.24. The number of ether oxygens (including phenoxy) is 1. The second-order valence-corrected chi connectivity index (χ2v) is 7.18. The number of hydrogen-bond acceptors (Lipinski definition) is 5. The minimum absolute atomic E-state index is 0.193. The SMILES string of the molecule is COc1ccc2oc(N3CCCC(CC(=O)NC4CCC4)C3)nc2c1. The number of aromatic nitrogens is 1. The first kappa shape index (κ1) is 16.2. The summed E-state index contributed by atoms with van der Waals surface area (Å²) < 4.78 is 11.2. The zero-order valence-electron chi connectivity index (χ0n) is 14.7. The fourth-order valence-corrected chi connectivity index (χ4v) is 3.66. The monoisotopic (exact) mass is 343 g/mol. The van der Waals surface area contributed by atoms with E-state index in [1.807, 2.05) is 18.2 Å². The van der Waals surface area contributed by atoms with Gasteiger partial charge in [0.1, 0.15) is 11.3 Å². The second kappa shape index (κ2) is 6.94. The predicted octanol–water partition coefficient (Wildman–Crippen LogP) is 3.11. The van der Waals surface area contributed by atoms with Gasteiger partial charge in [-0.2, -0.15) is 4.98 Å². The van der Waals surface area contributed by atoms with Crippen LogP contribution < -0.4 is 15.0 Å². The van der Waals surface area contributed by atoms with E-state index in [1.165, 1.54) is 6.42 Å². The average molecular weight is 343 g/mol. The van der Waals surface area contributed by atoms with E-state index in [9.17, 15) is 4.79 Å². The Bertz CT molecular complexity index is 753. The molecule has 0 bridgehead atoms. The number of nitrogens with one attached hydrogen (secondary N) is 1. The third kappa shape index (κ3) is 3.57. The van der Waals surface area contributed by atoms with Crippen molar-refractivity contribution in [2.24, 2.45) is 5.92 Å². The van der Waals surface area contributed by atoms with Crippen LogP contribution in [-0.4, -0.2) is 37.1 Å². The summed E-state index contributed by atoms with van der Waals surface area (Å²) in [6, 6.07) is 6.71. The van der Waals surface area contributed by atoms with Crippen LogP contribution >= 0.6 is 0 Å². The predicted molar refractivity (Wildman–Crippen MR) is 95.9 cm³/mol. The molecule has 2 fully saturated rings. The van der Waals surface area contributed by atoms with Crippen LogP contribution in [0.5, 0.6) is 5.75 Å². The van der Waals surface area contributed by atoms with Crippen molar-refractivity contribution in [3.63, 3.8) is 0 Å². The Morgan fingerprint density at radius 3 is 3.00 bits per heavy atom. The quantitative estimate of drug-likeness (QED) is 0.903. The van der Waals surface area contributed by atoms with Crippen LogP contribution in [0.4, 0.5) is 6.01 Å². The zero-order chi connectivity index (χ0) is 17.2. The molecule has 6 heteroatoms. The van der Waals surface area contributed by atoms with Gasteiger partial charge in [0.05, 0.1) is 7.11 Å². The van der Waals surface area contributed by atoms with Crippen molar-refractivity contribution in [3.05, 3.63) is 18.2 Å². The zero-order valence-corrected chi connectivity index (χ0v) is 14.7. The Balaban J connectivity index is 1.40. The van der Waals surface area contributed by atoms with Crippen molar-refractivity contribution in [1.29, 1.82) is 0 Å². The minimum atomic E-state index is 0.193. The van der Waals surface area contributed by atoms with Crippen molar-refractivity contribution in [3.8, 4) is 5.75 Å². The molecular formula is C19H25N3O3. The number of methoxy groups -OCH3 is 1. The molecule has 1 N–H and O–H groups in total. The van der Waals surface area contributed by atoms with Crippen LogP contribution in [0.15, 0.2) is 22.6 Å². The molecule has 0 radical (unpaired) electrons. The summed E-state index contributed by atoms with van der Waals surface area (Å²) in [5.74, 6) is 1.33. The molecule has 1 unspecified atom stereocenters. The van der Waals surface area contributed by atoms with Crippen molar-refractivity contribution in [1.82, 2.24) is 10.3 Å². The lowest BCUT2D eigenvalue weighted by atomic mass is 9.91. The van der Waals surface area contributed by atoms with Crippen LogP contribution in [0.1, 0.15) is 38.5 Å². The van der Waals surface area contributed by atoms with Crippen LogP contribution in [0.25, 0.3) is 11.1 Å². The maximum atomic E-state index is 12.2. The van der Waals surface area contributed by atoms with Crippen molar-refractivity contribution >= 4 is 23.0 Å². The van der Waals surface area contributed by atoms with Gasteiger partial charge >= 0.3 is 0 Å². The van der Waals surface area contributed by atoms with E-state index in [-0.39, 0.29) is 5.91 Å². The molecule has 1 atom stereocenters. The fourth-order valence-electron chi connectivity index (χ4n) is 3.66. The maximum Gasteiger partial charge on any atom is 0.298 e. The van der Waals surface area contributed by atoms with E-state index < -0.39 is 0 Å². The summed E-state index contributed by atoms with van der Waals surface area (Å²) >= 11 is 0. The van der Waals surface area contributed by atoms with Gasteiger partial charge in [0.2, 0.25) is 5.91 Å². The van der Waals surface area contributed by atoms with Gasteiger partial charge in [0.25, 0.3) is 6.01 Å². The van der Waals surface area contributed by atoms with E-state index in [0.29, 0.717) is 24.4 Å². The lowest BCUT2D eigenvalue weighted by Gasteiger charge is -2.32. The molecular weight excluding hydrogens is 318 g/mol. The van der Waals surface area contributed by atoms with Gasteiger partial charge in [-0.15, -0.1) is 0 Å². The van der Waals surface area contributed by atoms with Crippen LogP contribution in [0.3, 0.4) is 0 Å². The Kier molecular flexibility index (Phi) is 4.51. The molecule has 1 saturated heterocycles. The lowest BCUT2D eigenvalue weighted by molar-refractivity contribution is -0.123. The molecule has 6 nitrogen and oxygen atoms in total. The molecule has 1 amide bonds. The highest BCUT2D eigenvalue weighted by molar-refractivity contribution is 5.77. The number of rotatable bonds is 5. The van der Waals surface area contributed by atoms with Crippen LogP contribution in [0.2, 0.25) is 0 Å². The van der Waals surface area contributed by atoms with Crippen LogP contribution in [-0.2, 0) is 4.79 Å². The topological polar surface area (TPSA) is 67.6 Å². The van der Waals surface area contributed by atoms with Gasteiger partial charge < -0.3 is 19.4 Å². The normalized spacial score (nSPS) is 21.2. The minimum Gasteiger partial charge on any atom is -0.497 e. The van der Waals surface area contributed by atoms with Gasteiger partial charge in [-0.3, -0.25) is 4.79 Å². The Labute approximate surface area is 147 Å². The molecule has 1 aliphatic carbocycles. The van der Waals surface area contributed by atoms with Gasteiger partial charge in [-0.1, -0.05) is 0 Å². The van der Waals surface area contributed by atoms with Crippen molar-refractivity contribution < 1.29 is 13.9 Å². The Morgan fingerprint density at radius 2 is 2.24 bits per heavy atom. The number of nitrogens with zero attached hydrogens (tertiary/aromatic N) is 2. The van der Waals surface area contributed by atoms with Crippen LogP contribution in [0, 0.1) is 5.92 Å². The van der Waals surface area contributed by atoms with E-state index in [2.05, 4.69) is 15.2 Å². The number of fused-ring (bicyclic) bond motifs is 1. The molecule has 134 valence electrons. The van der Waals surface area contributed by atoms with E-state index in [1.54, 1.807) is 7.11 Å². The van der Waals surface area contributed by atoms with Crippen molar-refractivity contribution in [2.75, 3.05) is 25.1 Å². The van der Waals surface area contributed by atoms with Gasteiger partial charge in [0, 0.05) is 31.6 Å². The van der Waals surface area contributed by atoms with E-state index >= 15 is 0 Å². The molecule has 1 saturated carbocycles. The highest BCUT2D eigenvalue weighted by Gasteiger charge is 2.27. The summed E-state index contributed by atoms with van der Waals surface area (Å²) in [7, 11) is 1.64.